The first-order valence-electron chi connectivity index (χ1n) is 8.73. The summed E-state index contributed by atoms with van der Waals surface area (Å²) in [5.74, 6) is 0.613. The molecule has 0 radical (unpaired) electrons. The Balaban J connectivity index is 1.85. The van der Waals surface area contributed by atoms with Gasteiger partial charge in [-0.15, -0.1) is 0 Å². The maximum absolute atomic E-state index is 12.9. The molecular formula is C19H25N3O2. The van der Waals surface area contributed by atoms with E-state index < -0.39 is 0 Å². The summed E-state index contributed by atoms with van der Waals surface area (Å²) in [6, 6.07) is 4.98. The predicted octanol–water partition coefficient (Wildman–Crippen LogP) is 2.82. The Bertz CT molecular complexity index is 769. The molecule has 0 aliphatic heterocycles. The molecule has 0 aromatic carbocycles. The van der Waals surface area contributed by atoms with E-state index in [4.69, 9.17) is 0 Å². The summed E-state index contributed by atoms with van der Waals surface area (Å²) in [5, 5.41) is 4.30. The van der Waals surface area contributed by atoms with E-state index in [1.807, 2.05) is 32.3 Å². The van der Waals surface area contributed by atoms with Crippen LogP contribution in [0.4, 0.5) is 0 Å². The van der Waals surface area contributed by atoms with Crippen LogP contribution in [0.25, 0.3) is 0 Å². The standard InChI is InChI=1S/C19H25N3O2/c1-14-7-10-22(19(24)11-14)17(12-15-5-3-4-6-15)18(23)13-16-8-9-21(2)20-16/h7-11,15,17H,3-6,12-13H2,1-2H3/t17-/m0/s1. The molecule has 0 amide bonds. The van der Waals surface area contributed by atoms with Gasteiger partial charge in [0.1, 0.15) is 0 Å². The van der Waals surface area contributed by atoms with Crippen LogP contribution in [0.5, 0.6) is 0 Å². The average Bonchev–Trinajstić information content (AvgIpc) is 3.17. The highest BCUT2D eigenvalue weighted by molar-refractivity contribution is 5.84. The van der Waals surface area contributed by atoms with Gasteiger partial charge in [0.2, 0.25) is 0 Å². The van der Waals surface area contributed by atoms with Crippen LogP contribution in [-0.4, -0.2) is 20.1 Å². The van der Waals surface area contributed by atoms with Crippen molar-refractivity contribution in [2.75, 3.05) is 0 Å². The molecule has 1 fully saturated rings. The van der Waals surface area contributed by atoms with Crippen LogP contribution in [0, 0.1) is 12.8 Å². The van der Waals surface area contributed by atoms with Crippen molar-refractivity contribution in [3.05, 3.63) is 52.2 Å². The highest BCUT2D eigenvalue weighted by Gasteiger charge is 2.27. The molecule has 2 aromatic heterocycles. The fraction of sp³-hybridized carbons (Fsp3) is 0.526. The molecule has 24 heavy (non-hydrogen) atoms. The van der Waals surface area contributed by atoms with Crippen molar-refractivity contribution in [1.82, 2.24) is 14.3 Å². The van der Waals surface area contributed by atoms with Gasteiger partial charge < -0.3 is 4.57 Å². The van der Waals surface area contributed by atoms with Crippen LogP contribution in [0.2, 0.25) is 0 Å². The Hall–Kier alpha value is -2.17. The molecule has 1 aliphatic carbocycles. The van der Waals surface area contributed by atoms with E-state index in [0.29, 0.717) is 5.92 Å². The summed E-state index contributed by atoms with van der Waals surface area (Å²) < 4.78 is 3.32. The smallest absolute Gasteiger partial charge is 0.251 e. The van der Waals surface area contributed by atoms with E-state index in [-0.39, 0.29) is 23.8 Å². The number of hydrogen-bond acceptors (Lipinski definition) is 3. The molecule has 128 valence electrons. The average molecular weight is 327 g/mol. The van der Waals surface area contributed by atoms with Crippen LogP contribution < -0.4 is 5.56 Å². The summed E-state index contributed by atoms with van der Waals surface area (Å²) >= 11 is 0. The molecular weight excluding hydrogens is 302 g/mol. The molecule has 0 saturated heterocycles. The SMILES string of the molecule is Cc1ccn([C@@H](CC2CCCC2)C(=O)Cc2ccn(C)n2)c(=O)c1. The highest BCUT2D eigenvalue weighted by Crippen LogP contribution is 2.32. The van der Waals surface area contributed by atoms with Gasteiger partial charge in [0.15, 0.2) is 5.78 Å². The maximum atomic E-state index is 12.9. The van der Waals surface area contributed by atoms with E-state index in [0.717, 1.165) is 30.5 Å². The molecule has 5 heteroatoms. The molecule has 2 heterocycles. The molecule has 1 aliphatic rings. The van der Waals surface area contributed by atoms with E-state index >= 15 is 0 Å². The van der Waals surface area contributed by atoms with Gasteiger partial charge in [-0.3, -0.25) is 14.3 Å². The number of aryl methyl sites for hydroxylation is 2. The number of nitrogens with zero attached hydrogens (tertiary/aromatic N) is 3. The fourth-order valence-electron chi connectivity index (χ4n) is 3.66. The van der Waals surface area contributed by atoms with Gasteiger partial charge in [0.05, 0.1) is 18.2 Å². The zero-order chi connectivity index (χ0) is 17.1. The van der Waals surface area contributed by atoms with Crippen molar-refractivity contribution in [2.24, 2.45) is 13.0 Å². The first-order valence-corrected chi connectivity index (χ1v) is 8.73. The van der Waals surface area contributed by atoms with E-state index in [1.165, 1.54) is 12.8 Å². The summed E-state index contributed by atoms with van der Waals surface area (Å²) in [6.07, 6.45) is 9.43. The monoisotopic (exact) mass is 327 g/mol. The van der Waals surface area contributed by atoms with E-state index in [2.05, 4.69) is 5.10 Å². The lowest BCUT2D eigenvalue weighted by Crippen LogP contribution is -2.31. The lowest BCUT2D eigenvalue weighted by Gasteiger charge is -2.22. The minimum absolute atomic E-state index is 0.0755. The largest absolute Gasteiger partial charge is 0.305 e. The number of Topliss-reactive ketones (excluding diaryl/α,β-unsaturated/α-hetero) is 1. The van der Waals surface area contributed by atoms with Crippen molar-refractivity contribution in [1.29, 1.82) is 0 Å². The number of ketones is 1. The van der Waals surface area contributed by atoms with Crippen LogP contribution in [0.15, 0.2) is 35.4 Å². The Morgan fingerprint density at radius 1 is 1.29 bits per heavy atom. The molecule has 0 spiro atoms. The first-order chi connectivity index (χ1) is 11.5. The Morgan fingerprint density at radius 2 is 2.04 bits per heavy atom. The number of carbonyl (C=O) groups is 1. The Morgan fingerprint density at radius 3 is 2.67 bits per heavy atom. The van der Waals surface area contributed by atoms with Gasteiger partial charge in [0, 0.05) is 25.5 Å². The zero-order valence-electron chi connectivity index (χ0n) is 14.4. The van der Waals surface area contributed by atoms with Gasteiger partial charge in [-0.05, 0) is 37.0 Å². The maximum Gasteiger partial charge on any atom is 0.251 e. The predicted molar refractivity (Wildman–Crippen MR) is 93.0 cm³/mol. The van der Waals surface area contributed by atoms with E-state index in [1.54, 1.807) is 21.5 Å². The minimum Gasteiger partial charge on any atom is -0.305 e. The highest BCUT2D eigenvalue weighted by atomic mass is 16.1. The number of pyridine rings is 1. The third-order valence-electron chi connectivity index (χ3n) is 4.97. The molecule has 0 N–H and O–H groups in total. The number of carbonyl (C=O) groups excluding carboxylic acids is 1. The normalized spacial score (nSPS) is 16.4. The number of rotatable bonds is 6. The number of aromatic nitrogens is 3. The first kappa shape index (κ1) is 16.7. The lowest BCUT2D eigenvalue weighted by atomic mass is 9.93. The van der Waals surface area contributed by atoms with Crippen LogP contribution in [0.3, 0.4) is 0 Å². The summed E-state index contributed by atoms with van der Waals surface area (Å²) in [4.78, 5) is 25.3. The molecule has 2 aromatic rings. The Labute approximate surface area is 142 Å². The summed E-state index contributed by atoms with van der Waals surface area (Å²) in [5.41, 5.74) is 1.60. The second-order valence-electron chi connectivity index (χ2n) is 6.98. The second-order valence-corrected chi connectivity index (χ2v) is 6.98. The molecule has 5 nitrogen and oxygen atoms in total. The lowest BCUT2D eigenvalue weighted by molar-refractivity contribution is -0.122. The molecule has 0 unspecified atom stereocenters. The third kappa shape index (κ3) is 3.83. The molecule has 3 rings (SSSR count). The topological polar surface area (TPSA) is 56.9 Å². The van der Waals surface area contributed by atoms with Crippen LogP contribution >= 0.6 is 0 Å². The zero-order valence-corrected chi connectivity index (χ0v) is 14.4. The molecule has 0 bridgehead atoms. The van der Waals surface area contributed by atoms with Crippen molar-refractivity contribution in [3.63, 3.8) is 0 Å². The van der Waals surface area contributed by atoms with Crippen molar-refractivity contribution in [3.8, 4) is 0 Å². The second kappa shape index (κ2) is 7.16. The van der Waals surface area contributed by atoms with Gasteiger partial charge in [-0.2, -0.15) is 5.10 Å². The van der Waals surface area contributed by atoms with Gasteiger partial charge >= 0.3 is 0 Å². The van der Waals surface area contributed by atoms with Crippen LogP contribution in [0.1, 0.15) is 49.4 Å². The Kier molecular flexibility index (Phi) is 4.97. The van der Waals surface area contributed by atoms with Crippen LogP contribution in [-0.2, 0) is 18.3 Å². The number of hydrogen-bond donors (Lipinski definition) is 0. The summed E-state index contributed by atoms with van der Waals surface area (Å²) in [7, 11) is 1.84. The molecule has 1 atom stereocenters. The summed E-state index contributed by atoms with van der Waals surface area (Å²) in [6.45, 7) is 1.90. The quantitative estimate of drug-likeness (QED) is 0.820. The van der Waals surface area contributed by atoms with Crippen molar-refractivity contribution < 1.29 is 4.79 Å². The third-order valence-corrected chi connectivity index (χ3v) is 4.97. The van der Waals surface area contributed by atoms with Gasteiger partial charge in [-0.1, -0.05) is 25.7 Å². The van der Waals surface area contributed by atoms with Crippen molar-refractivity contribution >= 4 is 5.78 Å². The van der Waals surface area contributed by atoms with Gasteiger partial charge in [-0.25, -0.2) is 0 Å². The van der Waals surface area contributed by atoms with Crippen molar-refractivity contribution in [2.45, 2.75) is 51.5 Å². The van der Waals surface area contributed by atoms with E-state index in [9.17, 15) is 9.59 Å². The minimum atomic E-state index is -0.386. The molecule has 1 saturated carbocycles. The fourth-order valence-corrected chi connectivity index (χ4v) is 3.66. The van der Waals surface area contributed by atoms with Gasteiger partial charge in [0.25, 0.3) is 5.56 Å².